The average molecular weight is 968 g/mol. The maximum absolute atomic E-state index is 13.7. The summed E-state index contributed by atoms with van der Waals surface area (Å²) in [7, 11) is -50.9. The Hall–Kier alpha value is -1.44. The van der Waals surface area contributed by atoms with Crippen molar-refractivity contribution in [1.29, 1.82) is 0 Å². The largest absolute Gasteiger partial charge is 0.519 e. The molecule has 0 fully saturated rings. The molecule has 41 heteroatoms. The highest BCUT2D eigenvalue weighted by Crippen LogP contribution is 2.33. The Labute approximate surface area is 296 Å². The fraction of sp³-hybridized carbons (Fsp3) is 1.00. The molecular weight excluding hydrogens is 943 g/mol. The molecule has 0 amide bonds. The van der Waals surface area contributed by atoms with Crippen molar-refractivity contribution in [2.75, 3.05) is 56.4 Å². The van der Waals surface area contributed by atoms with E-state index in [-0.39, 0.29) is 45.4 Å². The number of alkyl halides is 12. The predicted octanol–water partition coefficient (Wildman–Crippen LogP) is 1.52. The lowest BCUT2D eigenvalue weighted by Gasteiger charge is -2.31. The minimum absolute atomic E-state index is 0.243. The van der Waals surface area contributed by atoms with E-state index in [0.717, 1.165) is 4.13 Å². The zero-order chi connectivity index (χ0) is 43.3. The van der Waals surface area contributed by atoms with E-state index in [1.54, 1.807) is 0 Å². The van der Waals surface area contributed by atoms with Gasteiger partial charge in [-0.3, -0.25) is 0 Å². The third kappa shape index (κ3) is 11.8. The smallest absolute Gasteiger partial charge is 0.226 e. The van der Waals surface area contributed by atoms with E-state index in [4.69, 9.17) is 0 Å². The van der Waals surface area contributed by atoms with Crippen molar-refractivity contribution >= 4 is 80.3 Å². The molecule has 0 aromatic rings. The van der Waals surface area contributed by atoms with Gasteiger partial charge in [0.25, 0.3) is 0 Å². The predicted molar refractivity (Wildman–Crippen MR) is 163 cm³/mol. The summed E-state index contributed by atoms with van der Waals surface area (Å²) < 4.78 is 300. The Kier molecular flexibility index (Phi) is 15.1. The van der Waals surface area contributed by atoms with Gasteiger partial charge in [-0.25, -0.2) is 25.6 Å². The van der Waals surface area contributed by atoms with Crippen molar-refractivity contribution in [3.05, 3.63) is 0 Å². The molecule has 320 valence electrons. The quantitative estimate of drug-likeness (QED) is 0.272. The first-order chi connectivity index (χ1) is 22.7. The molecule has 0 aromatic carbocycles. The molecule has 0 heterocycles. The minimum Gasteiger partial charge on any atom is -0.226 e. The third-order valence-corrected chi connectivity index (χ3v) is 22.2. The van der Waals surface area contributed by atoms with Gasteiger partial charge < -0.3 is 0 Å². The number of halogens is 12. The lowest BCUT2D eigenvalue weighted by atomic mass is 11.3. The number of sulfonamides is 4. The number of hydrogen-bond acceptors (Lipinski definition) is 10. The molecule has 0 radical (unpaired) electrons. The molecule has 0 saturated heterocycles. The van der Waals surface area contributed by atoms with E-state index in [1.165, 1.54) is 0 Å². The van der Waals surface area contributed by atoms with Crippen LogP contribution in [0.15, 0.2) is 22.6 Å². The zero-order valence-corrected chi connectivity index (χ0v) is 33.4. The highest BCUT2D eigenvalue weighted by atomic mass is 32.3. The number of rotatable bonds is 12. The van der Waals surface area contributed by atoms with Gasteiger partial charge in [-0.15, -0.1) is 11.7 Å². The van der Waals surface area contributed by atoms with Crippen LogP contribution < -0.4 is 4.13 Å². The number of hydrogen-bond donors (Lipinski definition) is 1. The Balaban J connectivity index is 10.3. The molecule has 0 rings (SSSR count). The second-order valence-electron chi connectivity index (χ2n) is 9.44. The van der Waals surface area contributed by atoms with Crippen LogP contribution in [0.3, 0.4) is 0 Å². The maximum Gasteiger partial charge on any atom is 0.519 e. The summed E-state index contributed by atoms with van der Waals surface area (Å²) in [5.74, 6) is 0. The maximum atomic E-state index is 13.7. The molecule has 4 atom stereocenters. The molecule has 0 aromatic heterocycles. The molecule has 1 N–H and O–H groups in total. The molecule has 21 nitrogen and oxygen atoms in total. The summed E-state index contributed by atoms with van der Waals surface area (Å²) in [5, 5.41) is 0. The van der Waals surface area contributed by atoms with Gasteiger partial charge in [0.15, 0.2) is 0 Å². The Morgan fingerprint density at radius 2 is 0.528 bits per heavy atom. The van der Waals surface area contributed by atoms with Crippen molar-refractivity contribution in [1.82, 2.24) is 21.3 Å². The monoisotopic (exact) mass is 967 g/mol. The molecule has 0 aliphatic carbocycles. The molecular formula is C12H25F12N11O10S8. The van der Waals surface area contributed by atoms with Crippen LogP contribution >= 0.6 is 0 Å². The summed E-state index contributed by atoms with van der Waals surface area (Å²) in [6, 6.07) is 0. The Bertz CT molecular complexity index is 2230. The van der Waals surface area contributed by atoms with Crippen LogP contribution in [0.2, 0.25) is 0 Å². The highest BCUT2D eigenvalue weighted by Gasteiger charge is 2.52. The second kappa shape index (κ2) is 15.5. The number of nitrogens with one attached hydrogen (secondary N) is 1. The first kappa shape index (κ1) is 51.6. The van der Waals surface area contributed by atoms with Crippen molar-refractivity contribution in [3.8, 4) is 0 Å². The van der Waals surface area contributed by atoms with E-state index in [1.807, 2.05) is 7.54 Å². The molecule has 53 heavy (non-hydrogen) atoms. The van der Waals surface area contributed by atoms with Crippen molar-refractivity contribution < 1.29 is 94.8 Å². The van der Waals surface area contributed by atoms with Crippen LogP contribution in [-0.2, 0) is 80.3 Å². The van der Waals surface area contributed by atoms with Crippen LogP contribution in [0.25, 0.3) is 0 Å². The second-order valence-corrected chi connectivity index (χ2v) is 26.2. The summed E-state index contributed by atoms with van der Waals surface area (Å²) in [5.41, 5.74) is -26.4. The summed E-state index contributed by atoms with van der Waals surface area (Å²) in [6.45, 7) is 0. The van der Waals surface area contributed by atoms with E-state index in [9.17, 15) is 94.8 Å². The van der Waals surface area contributed by atoms with Gasteiger partial charge in [-0.2, -0.15) is 86.4 Å². The van der Waals surface area contributed by atoms with E-state index in [2.05, 4.69) is 15.1 Å². The first-order valence-corrected chi connectivity index (χ1v) is 23.3. The van der Waals surface area contributed by atoms with Gasteiger partial charge in [0, 0.05) is 56.4 Å². The van der Waals surface area contributed by atoms with Crippen LogP contribution in [0, 0.1) is 0 Å². The molecule has 0 bridgehead atoms. The van der Waals surface area contributed by atoms with Gasteiger partial charge in [0.1, 0.15) is 20.0 Å². The number of nitrogens with zero attached hydrogens (tertiary/aromatic N) is 10. The molecule has 0 saturated carbocycles. The summed E-state index contributed by atoms with van der Waals surface area (Å²) in [4.78, 5) is 0. The van der Waals surface area contributed by atoms with Crippen molar-refractivity contribution in [2.24, 2.45) is 22.6 Å². The highest BCUT2D eigenvalue weighted by molar-refractivity contribution is 8.17. The topological polar surface area (TPSA) is 270 Å². The van der Waals surface area contributed by atoms with Gasteiger partial charge in [0.2, 0.25) is 20.2 Å². The Morgan fingerprint density at radius 1 is 0.340 bits per heavy atom. The molecule has 0 aliphatic heterocycles. The van der Waals surface area contributed by atoms with E-state index < -0.39 is 102 Å². The third-order valence-electron chi connectivity index (χ3n) is 4.56. The fourth-order valence-corrected chi connectivity index (χ4v) is 19.3. The van der Waals surface area contributed by atoms with Crippen LogP contribution in [-0.4, -0.2) is 138 Å². The van der Waals surface area contributed by atoms with Crippen LogP contribution in [0.1, 0.15) is 0 Å². The first-order valence-electron chi connectivity index (χ1n) is 11.7. The van der Waals surface area contributed by atoms with Crippen LogP contribution in [0.5, 0.6) is 0 Å². The Morgan fingerprint density at radius 3 is 0.679 bits per heavy atom. The fourth-order valence-electron chi connectivity index (χ4n) is 1.92. The average Bonchev–Trinajstić information content (AvgIpc) is 2.84. The van der Waals surface area contributed by atoms with Gasteiger partial charge in [0.05, 0.1) is 0 Å². The van der Waals surface area contributed by atoms with Gasteiger partial charge >= 0.3 is 62.1 Å². The zero-order valence-electron chi connectivity index (χ0n) is 26.9. The molecule has 4 unspecified atom stereocenters. The van der Waals surface area contributed by atoms with E-state index in [0.29, 0.717) is 28.2 Å². The SMILES string of the molecule is CN(C)S(=O)(=NS(=O)(=O)C(F)(F)F)N=S(=NS(=O)(=O)C(F)(F)F)(NS(=NS(=O)(=O)C(F)(F)F)(=NS(=O)(=NS(=O)(=O)C(F)(F)F)N(C)C)N(C)C)N(C)C. The summed E-state index contributed by atoms with van der Waals surface area (Å²) >= 11 is 0. The standard InChI is InChI=1S/C12H25F12N11O10S8/c1-32(2)50(25-46(36,37)9(13,14)15,30-52(44,34(5)6)27-48(40,41)11(19,20)21)29-51(33(3)4,26-47(38,39)10(16,17)18)31-53(45,35(7)8)28-49(42,43)12(22,23)24/h1-8H3,(H,25,26,27,28,29,30,31,44,45). The lowest BCUT2D eigenvalue weighted by molar-refractivity contribution is -0.0440. The molecule has 0 spiro atoms. The summed E-state index contributed by atoms with van der Waals surface area (Å²) in [6.07, 6.45) is 0. The minimum atomic E-state index is -7.35. The van der Waals surface area contributed by atoms with Crippen molar-refractivity contribution in [3.63, 3.8) is 0 Å². The molecule has 0 aliphatic rings. The van der Waals surface area contributed by atoms with Gasteiger partial charge in [-0.1, -0.05) is 15.1 Å². The normalized spacial score (nSPS) is 19.2. The lowest BCUT2D eigenvalue weighted by Crippen LogP contribution is -2.47. The van der Waals surface area contributed by atoms with Gasteiger partial charge in [-0.05, 0) is 0 Å². The van der Waals surface area contributed by atoms with E-state index >= 15 is 0 Å². The van der Waals surface area contributed by atoms with Crippen LogP contribution in [0.4, 0.5) is 52.7 Å². The van der Waals surface area contributed by atoms with Crippen molar-refractivity contribution in [2.45, 2.75) is 22.0 Å².